The third kappa shape index (κ3) is 5.03. The van der Waals surface area contributed by atoms with E-state index in [0.717, 1.165) is 16.7 Å². The van der Waals surface area contributed by atoms with E-state index in [2.05, 4.69) is 5.92 Å². The molecule has 0 heterocycles. The molecule has 0 N–H and O–H groups in total. The van der Waals surface area contributed by atoms with E-state index in [4.69, 9.17) is 27.5 Å². The van der Waals surface area contributed by atoms with E-state index in [-0.39, 0.29) is 12.2 Å². The second kappa shape index (κ2) is 9.66. The molecule has 2 aromatic carbocycles. The number of carbonyl (C=O) groups is 1. The molecule has 0 fully saturated rings. The van der Waals surface area contributed by atoms with Crippen LogP contribution in [0.15, 0.2) is 60.2 Å². The first-order chi connectivity index (χ1) is 13.0. The quantitative estimate of drug-likeness (QED) is 0.287. The lowest BCUT2D eigenvalue weighted by Gasteiger charge is -2.17. The molecule has 0 aromatic heterocycles. The Kier molecular flexibility index (Phi) is 7.28. The van der Waals surface area contributed by atoms with Gasteiger partial charge in [0.2, 0.25) is 0 Å². The average molecular weight is 381 g/mol. The summed E-state index contributed by atoms with van der Waals surface area (Å²) in [6.07, 6.45) is 7.57. The second-order valence-corrected chi connectivity index (χ2v) is 6.21. The topological polar surface area (TPSA) is 35.5 Å². The third-order valence-corrected chi connectivity index (χ3v) is 4.31. The van der Waals surface area contributed by atoms with Gasteiger partial charge in [0.25, 0.3) is 0 Å². The lowest BCUT2D eigenvalue weighted by molar-refractivity contribution is -0.135. The first-order valence-electron chi connectivity index (χ1n) is 8.41. The third-order valence-electron chi connectivity index (χ3n) is 4.07. The van der Waals surface area contributed by atoms with E-state index >= 15 is 0 Å². The molecule has 3 nitrogen and oxygen atoms in total. The zero-order chi connectivity index (χ0) is 19.8. The zero-order valence-corrected chi connectivity index (χ0v) is 16.3. The van der Waals surface area contributed by atoms with Gasteiger partial charge in [-0.3, -0.25) is 0 Å². The molecule has 2 aromatic rings. The largest absolute Gasteiger partial charge is 0.487 e. The summed E-state index contributed by atoms with van der Waals surface area (Å²) < 4.78 is 10.9. The molecule has 4 heteroatoms. The van der Waals surface area contributed by atoms with Gasteiger partial charge in [-0.25, -0.2) is 4.79 Å². The van der Waals surface area contributed by atoms with Crippen LogP contribution in [0, 0.1) is 12.3 Å². The van der Waals surface area contributed by atoms with Crippen molar-refractivity contribution in [1.29, 1.82) is 0 Å². The van der Waals surface area contributed by atoms with Crippen molar-refractivity contribution < 1.29 is 14.3 Å². The molecule has 0 radical (unpaired) electrons. The predicted octanol–water partition coefficient (Wildman–Crippen LogP) is 5.50. The zero-order valence-electron chi connectivity index (χ0n) is 15.6. The Balaban J connectivity index is 2.62. The Morgan fingerprint density at radius 1 is 1.19 bits per heavy atom. The number of carbonyl (C=O) groups excluding carboxylic acids is 1. The van der Waals surface area contributed by atoms with Crippen LogP contribution in [0.25, 0.3) is 11.3 Å². The summed E-state index contributed by atoms with van der Waals surface area (Å²) in [4.78, 5) is 12.2. The molecule has 0 amide bonds. The summed E-state index contributed by atoms with van der Waals surface area (Å²) in [6.45, 7) is 4.14. The number of rotatable bonds is 6. The number of terminal acetylenes is 1. The maximum atomic E-state index is 12.2. The number of benzene rings is 2. The van der Waals surface area contributed by atoms with Crippen LogP contribution in [0.5, 0.6) is 0 Å². The van der Waals surface area contributed by atoms with E-state index in [9.17, 15) is 4.79 Å². The fraction of sp³-hybridized carbons (Fsp3) is 0.174. The fourth-order valence-corrected chi connectivity index (χ4v) is 2.70. The first kappa shape index (κ1) is 20.4. The smallest absolute Gasteiger partial charge is 0.350 e. The van der Waals surface area contributed by atoms with Crippen LogP contribution in [0.4, 0.5) is 0 Å². The van der Waals surface area contributed by atoms with E-state index in [1.54, 1.807) is 12.1 Å². The Labute approximate surface area is 165 Å². The minimum absolute atomic E-state index is 0.0286. The molecule has 138 valence electrons. The van der Waals surface area contributed by atoms with Gasteiger partial charge in [-0.2, -0.15) is 0 Å². The summed E-state index contributed by atoms with van der Waals surface area (Å²) >= 11 is 6.18. The van der Waals surface area contributed by atoms with E-state index in [0.29, 0.717) is 16.3 Å². The number of allylic oxidation sites excluding steroid dienone is 2. The highest BCUT2D eigenvalue weighted by atomic mass is 35.5. The molecule has 27 heavy (non-hydrogen) atoms. The summed E-state index contributed by atoms with van der Waals surface area (Å²) in [6, 6.07) is 15.0. The molecule has 0 aliphatic rings. The van der Waals surface area contributed by atoms with E-state index < -0.39 is 5.97 Å². The maximum absolute atomic E-state index is 12.2. The lowest BCUT2D eigenvalue weighted by Crippen LogP contribution is -2.09. The van der Waals surface area contributed by atoms with E-state index in [1.807, 2.05) is 56.3 Å². The molecule has 2 rings (SSSR count). The molecular formula is C23H21ClO3. The predicted molar refractivity (Wildman–Crippen MR) is 110 cm³/mol. The Hall–Kier alpha value is -2.96. The molecule has 0 aliphatic carbocycles. The van der Waals surface area contributed by atoms with Crippen molar-refractivity contribution in [1.82, 2.24) is 0 Å². The highest BCUT2D eigenvalue weighted by molar-refractivity contribution is 6.30. The maximum Gasteiger partial charge on any atom is 0.350 e. The molecule has 0 bridgehead atoms. The molecule has 0 atom stereocenters. The number of methoxy groups -OCH3 is 1. The van der Waals surface area contributed by atoms with Gasteiger partial charge in [0.15, 0.2) is 11.3 Å². The molecular weight excluding hydrogens is 360 g/mol. The second-order valence-electron chi connectivity index (χ2n) is 5.78. The summed E-state index contributed by atoms with van der Waals surface area (Å²) in [5.74, 6) is 2.08. The van der Waals surface area contributed by atoms with Crippen LogP contribution in [0.2, 0.25) is 5.02 Å². The highest BCUT2D eigenvalue weighted by Gasteiger charge is 2.21. The van der Waals surface area contributed by atoms with Crippen molar-refractivity contribution in [3.05, 3.63) is 81.9 Å². The number of halogens is 1. The first-order valence-corrected chi connectivity index (χ1v) is 8.78. The van der Waals surface area contributed by atoms with Crippen LogP contribution in [-0.2, 0) is 20.9 Å². The minimum Gasteiger partial charge on any atom is -0.487 e. The Morgan fingerprint density at radius 2 is 1.89 bits per heavy atom. The Bertz CT molecular complexity index is 918. The molecule has 0 aliphatic heterocycles. The normalized spacial score (nSPS) is 12.0. The minimum atomic E-state index is -0.625. The summed E-state index contributed by atoms with van der Waals surface area (Å²) in [5.41, 5.74) is 3.49. The summed E-state index contributed by atoms with van der Waals surface area (Å²) in [5, 5.41) is 0.581. The van der Waals surface area contributed by atoms with Crippen molar-refractivity contribution in [3.8, 4) is 12.3 Å². The van der Waals surface area contributed by atoms with Crippen molar-refractivity contribution in [2.24, 2.45) is 0 Å². The highest BCUT2D eigenvalue weighted by Crippen LogP contribution is 2.32. The monoisotopic (exact) mass is 380 g/mol. The average Bonchev–Trinajstić information content (AvgIpc) is 2.71. The van der Waals surface area contributed by atoms with Gasteiger partial charge in [0.05, 0.1) is 7.11 Å². The van der Waals surface area contributed by atoms with Crippen molar-refractivity contribution in [2.45, 2.75) is 20.5 Å². The Morgan fingerprint density at radius 3 is 2.48 bits per heavy atom. The van der Waals surface area contributed by atoms with Crippen LogP contribution in [0.3, 0.4) is 0 Å². The lowest BCUT2D eigenvalue weighted by atomic mass is 9.97. The molecule has 0 saturated heterocycles. The summed E-state index contributed by atoms with van der Waals surface area (Å²) in [7, 11) is 1.29. The van der Waals surface area contributed by atoms with Gasteiger partial charge in [0, 0.05) is 10.6 Å². The van der Waals surface area contributed by atoms with Crippen molar-refractivity contribution in [3.63, 3.8) is 0 Å². The van der Waals surface area contributed by atoms with Crippen molar-refractivity contribution >= 4 is 28.9 Å². The number of esters is 1. The van der Waals surface area contributed by atoms with E-state index in [1.165, 1.54) is 7.11 Å². The van der Waals surface area contributed by atoms with Gasteiger partial charge in [-0.15, -0.1) is 6.42 Å². The van der Waals surface area contributed by atoms with Gasteiger partial charge < -0.3 is 9.47 Å². The number of ether oxygens (including phenoxy) is 2. The standard InChI is InChI=1S/C23H21ClO3/c1-5-16(3)21-14-18(24)12-13-20(21)22(19(6-2)23(25)26-4)27-15-17-10-8-7-9-11-17/h2,5,7-14H,15H2,1,3-4H3/b16-5-,22-19-. The van der Waals surface area contributed by atoms with Crippen LogP contribution in [0.1, 0.15) is 30.5 Å². The number of hydrogen-bond acceptors (Lipinski definition) is 3. The van der Waals surface area contributed by atoms with Gasteiger partial charge in [0.1, 0.15) is 6.61 Å². The van der Waals surface area contributed by atoms with Crippen LogP contribution >= 0.6 is 11.6 Å². The number of hydrogen-bond donors (Lipinski definition) is 0. The van der Waals surface area contributed by atoms with Gasteiger partial charge in [-0.05, 0) is 48.7 Å². The molecule has 0 saturated carbocycles. The SMILES string of the molecule is C#C/C(C(=O)OC)=C(/OCc1ccccc1)c1ccc(Cl)cc1/C(C)=C\C. The van der Waals surface area contributed by atoms with Gasteiger partial charge >= 0.3 is 5.97 Å². The molecule has 0 unspecified atom stereocenters. The fourth-order valence-electron chi connectivity index (χ4n) is 2.53. The molecule has 0 spiro atoms. The van der Waals surface area contributed by atoms with Crippen LogP contribution < -0.4 is 0 Å². The van der Waals surface area contributed by atoms with Crippen molar-refractivity contribution in [2.75, 3.05) is 7.11 Å². The van der Waals surface area contributed by atoms with Crippen LogP contribution in [-0.4, -0.2) is 13.1 Å². The van der Waals surface area contributed by atoms with Gasteiger partial charge in [-0.1, -0.05) is 53.9 Å².